The van der Waals surface area contributed by atoms with Crippen molar-refractivity contribution in [2.24, 2.45) is 0 Å². The molecule has 0 spiro atoms. The lowest BCUT2D eigenvalue weighted by Gasteiger charge is -2.21. The Balaban J connectivity index is 2.95. The highest BCUT2D eigenvalue weighted by Crippen LogP contribution is 2.13. The van der Waals surface area contributed by atoms with Gasteiger partial charge in [0, 0.05) is 26.3 Å². The van der Waals surface area contributed by atoms with Crippen LogP contribution in [0.4, 0.5) is 0 Å². The van der Waals surface area contributed by atoms with E-state index in [0.29, 0.717) is 12.2 Å². The SMILES string of the molecule is COCCN(CC(=O)O)C(=O)c1ccccc1COC. The highest BCUT2D eigenvalue weighted by Gasteiger charge is 2.20. The molecule has 0 atom stereocenters. The lowest BCUT2D eigenvalue weighted by molar-refractivity contribution is -0.137. The highest BCUT2D eigenvalue weighted by atomic mass is 16.5. The Bertz CT molecular complexity index is 461. The van der Waals surface area contributed by atoms with Crippen molar-refractivity contribution in [1.29, 1.82) is 0 Å². The second-order valence-electron chi connectivity index (χ2n) is 4.20. The van der Waals surface area contributed by atoms with Crippen molar-refractivity contribution >= 4 is 11.9 Å². The van der Waals surface area contributed by atoms with Gasteiger partial charge in [-0.05, 0) is 11.6 Å². The number of carboxylic acid groups (broad SMARTS) is 1. The van der Waals surface area contributed by atoms with Crippen LogP contribution in [0.3, 0.4) is 0 Å². The molecule has 6 heteroatoms. The van der Waals surface area contributed by atoms with Gasteiger partial charge in [0.1, 0.15) is 6.54 Å². The summed E-state index contributed by atoms with van der Waals surface area (Å²) in [4.78, 5) is 24.5. The zero-order valence-corrected chi connectivity index (χ0v) is 11.7. The largest absolute Gasteiger partial charge is 0.480 e. The fourth-order valence-electron chi connectivity index (χ4n) is 1.80. The smallest absolute Gasteiger partial charge is 0.323 e. The Morgan fingerprint density at radius 3 is 2.50 bits per heavy atom. The first kappa shape index (κ1) is 16.1. The Morgan fingerprint density at radius 1 is 1.20 bits per heavy atom. The van der Waals surface area contributed by atoms with E-state index in [1.54, 1.807) is 25.3 Å². The molecule has 1 rings (SSSR count). The van der Waals surface area contributed by atoms with Gasteiger partial charge in [-0.1, -0.05) is 18.2 Å². The number of hydrogen-bond donors (Lipinski definition) is 1. The molecule has 0 unspecified atom stereocenters. The van der Waals surface area contributed by atoms with Crippen LogP contribution in [0.25, 0.3) is 0 Å². The summed E-state index contributed by atoms with van der Waals surface area (Å²) in [7, 11) is 3.05. The summed E-state index contributed by atoms with van der Waals surface area (Å²) in [6, 6.07) is 6.99. The average molecular weight is 281 g/mol. The van der Waals surface area contributed by atoms with E-state index in [-0.39, 0.29) is 25.6 Å². The first-order valence-electron chi connectivity index (χ1n) is 6.17. The number of carbonyl (C=O) groups is 2. The van der Waals surface area contributed by atoms with Crippen LogP contribution < -0.4 is 0 Å². The van der Waals surface area contributed by atoms with Gasteiger partial charge in [-0.15, -0.1) is 0 Å². The maximum absolute atomic E-state index is 12.4. The van der Waals surface area contributed by atoms with Crippen molar-refractivity contribution in [3.05, 3.63) is 35.4 Å². The molecule has 1 amide bonds. The van der Waals surface area contributed by atoms with E-state index in [1.807, 2.05) is 6.07 Å². The van der Waals surface area contributed by atoms with Gasteiger partial charge in [-0.25, -0.2) is 0 Å². The molecule has 110 valence electrons. The fourth-order valence-corrected chi connectivity index (χ4v) is 1.80. The molecule has 0 aliphatic rings. The summed E-state index contributed by atoms with van der Waals surface area (Å²) >= 11 is 0. The summed E-state index contributed by atoms with van der Waals surface area (Å²) in [6.45, 7) is 0.449. The minimum Gasteiger partial charge on any atom is -0.480 e. The fraction of sp³-hybridized carbons (Fsp3) is 0.429. The Kier molecular flexibility index (Phi) is 6.69. The minimum absolute atomic E-state index is 0.225. The van der Waals surface area contributed by atoms with Crippen molar-refractivity contribution in [3.63, 3.8) is 0 Å². The second kappa shape index (κ2) is 8.29. The number of aliphatic carboxylic acids is 1. The van der Waals surface area contributed by atoms with E-state index >= 15 is 0 Å². The predicted molar refractivity (Wildman–Crippen MR) is 72.6 cm³/mol. The summed E-state index contributed by atoms with van der Waals surface area (Å²) in [5.74, 6) is -1.39. The number of hydrogen-bond acceptors (Lipinski definition) is 4. The van der Waals surface area contributed by atoms with E-state index < -0.39 is 5.97 Å². The molecule has 0 saturated heterocycles. The monoisotopic (exact) mass is 281 g/mol. The lowest BCUT2D eigenvalue weighted by atomic mass is 10.1. The van der Waals surface area contributed by atoms with E-state index in [0.717, 1.165) is 5.56 Å². The zero-order valence-electron chi connectivity index (χ0n) is 11.7. The molecule has 6 nitrogen and oxygen atoms in total. The highest BCUT2D eigenvalue weighted by molar-refractivity contribution is 5.97. The topological polar surface area (TPSA) is 76.1 Å². The molecule has 0 saturated carbocycles. The Hall–Kier alpha value is -1.92. The molecule has 0 heterocycles. The molecule has 1 aromatic rings. The van der Waals surface area contributed by atoms with E-state index in [9.17, 15) is 9.59 Å². The van der Waals surface area contributed by atoms with Gasteiger partial charge >= 0.3 is 5.97 Å². The van der Waals surface area contributed by atoms with Crippen molar-refractivity contribution < 1.29 is 24.2 Å². The van der Waals surface area contributed by atoms with Crippen LogP contribution >= 0.6 is 0 Å². The quantitative estimate of drug-likeness (QED) is 0.769. The maximum Gasteiger partial charge on any atom is 0.323 e. The van der Waals surface area contributed by atoms with Crippen LogP contribution in [0.2, 0.25) is 0 Å². The van der Waals surface area contributed by atoms with Crippen LogP contribution in [-0.2, 0) is 20.9 Å². The molecule has 0 aliphatic carbocycles. The Morgan fingerprint density at radius 2 is 1.90 bits per heavy atom. The number of ether oxygens (including phenoxy) is 2. The molecule has 0 radical (unpaired) electrons. The van der Waals surface area contributed by atoms with Crippen LogP contribution in [0, 0.1) is 0 Å². The maximum atomic E-state index is 12.4. The molecule has 1 N–H and O–H groups in total. The summed E-state index contributed by atoms with van der Waals surface area (Å²) in [5.41, 5.74) is 1.18. The number of benzene rings is 1. The molecule has 0 bridgehead atoms. The number of methoxy groups -OCH3 is 2. The van der Waals surface area contributed by atoms with Crippen LogP contribution in [0.5, 0.6) is 0 Å². The van der Waals surface area contributed by atoms with Gasteiger partial charge in [-0.3, -0.25) is 9.59 Å². The first-order valence-corrected chi connectivity index (χ1v) is 6.17. The van der Waals surface area contributed by atoms with Gasteiger partial charge in [0.15, 0.2) is 0 Å². The molecular formula is C14H19NO5. The number of rotatable bonds is 8. The average Bonchev–Trinajstić information content (AvgIpc) is 2.43. The number of nitrogens with zero attached hydrogens (tertiary/aromatic N) is 1. The van der Waals surface area contributed by atoms with E-state index in [4.69, 9.17) is 14.6 Å². The van der Waals surface area contributed by atoms with Gasteiger partial charge in [0.05, 0.1) is 13.2 Å². The van der Waals surface area contributed by atoms with Crippen molar-refractivity contribution in [3.8, 4) is 0 Å². The van der Waals surface area contributed by atoms with Crippen molar-refractivity contribution in [1.82, 2.24) is 4.90 Å². The van der Waals surface area contributed by atoms with E-state index in [1.165, 1.54) is 12.0 Å². The molecular weight excluding hydrogens is 262 g/mol. The van der Waals surface area contributed by atoms with Crippen LogP contribution in [-0.4, -0.2) is 55.8 Å². The molecule has 1 aromatic carbocycles. The van der Waals surface area contributed by atoms with Crippen LogP contribution in [0.15, 0.2) is 24.3 Å². The van der Waals surface area contributed by atoms with Gasteiger partial charge in [0.25, 0.3) is 5.91 Å². The zero-order chi connectivity index (χ0) is 15.0. The number of carboxylic acids is 1. The Labute approximate surface area is 117 Å². The van der Waals surface area contributed by atoms with E-state index in [2.05, 4.69) is 0 Å². The first-order chi connectivity index (χ1) is 9.60. The predicted octanol–water partition coefficient (Wildman–Crippen LogP) is 1.01. The van der Waals surface area contributed by atoms with Gasteiger partial charge in [0.2, 0.25) is 0 Å². The van der Waals surface area contributed by atoms with Crippen molar-refractivity contribution in [2.75, 3.05) is 33.9 Å². The molecule has 0 aliphatic heterocycles. The van der Waals surface area contributed by atoms with Crippen LogP contribution in [0.1, 0.15) is 15.9 Å². The molecule has 20 heavy (non-hydrogen) atoms. The number of carbonyl (C=O) groups excluding carboxylic acids is 1. The summed E-state index contributed by atoms with van der Waals surface area (Å²) in [5, 5.41) is 8.89. The normalized spacial score (nSPS) is 10.3. The third kappa shape index (κ3) is 4.64. The summed E-state index contributed by atoms with van der Waals surface area (Å²) in [6.07, 6.45) is 0. The standard InChI is InChI=1S/C14H19NO5/c1-19-8-7-15(9-13(16)17)14(18)12-6-4-3-5-11(12)10-20-2/h3-6H,7-10H2,1-2H3,(H,16,17). The third-order valence-corrected chi connectivity index (χ3v) is 2.73. The van der Waals surface area contributed by atoms with Crippen molar-refractivity contribution in [2.45, 2.75) is 6.61 Å². The molecule has 0 aromatic heterocycles. The summed E-state index contributed by atoms with van der Waals surface area (Å²) < 4.78 is 9.96. The number of amides is 1. The van der Waals surface area contributed by atoms with Gasteiger partial charge < -0.3 is 19.5 Å². The lowest BCUT2D eigenvalue weighted by Crippen LogP contribution is -2.38. The molecule has 0 fully saturated rings. The van der Waals surface area contributed by atoms with Gasteiger partial charge in [-0.2, -0.15) is 0 Å². The second-order valence-corrected chi connectivity index (χ2v) is 4.20. The minimum atomic E-state index is -1.06. The third-order valence-electron chi connectivity index (χ3n) is 2.73.